The molecule has 1 atom stereocenters. The number of carboxylic acids is 1. The van der Waals surface area contributed by atoms with Crippen LogP contribution in [0.3, 0.4) is 0 Å². The number of aliphatic carboxylic acids is 1. The molecule has 1 fully saturated rings. The fourth-order valence-corrected chi connectivity index (χ4v) is 3.40. The van der Waals surface area contributed by atoms with E-state index in [4.69, 9.17) is 0 Å². The maximum absolute atomic E-state index is 12.0. The summed E-state index contributed by atoms with van der Waals surface area (Å²) in [6.45, 7) is 8.95. The molecule has 1 aromatic rings. The average Bonchev–Trinajstić information content (AvgIpc) is 2.26. The van der Waals surface area contributed by atoms with Gasteiger partial charge in [0.2, 0.25) is 0 Å². The van der Waals surface area contributed by atoms with Gasteiger partial charge in [0.15, 0.2) is 0 Å². The molecule has 1 heterocycles. The van der Waals surface area contributed by atoms with Crippen LogP contribution in [-0.2, 0) is 10.2 Å². The van der Waals surface area contributed by atoms with Gasteiger partial charge < -0.3 is 10.4 Å². The van der Waals surface area contributed by atoms with Crippen molar-refractivity contribution in [1.82, 2.24) is 5.32 Å². The number of nitrogens with one attached hydrogen (secondary N) is 1. The zero-order valence-electron chi connectivity index (χ0n) is 12.2. The number of aryl methyl sites for hydroxylation is 2. The molecule has 0 aliphatic carbocycles. The molecule has 1 unspecified atom stereocenters. The lowest BCUT2D eigenvalue weighted by Gasteiger charge is -2.44. The third-order valence-corrected chi connectivity index (χ3v) is 4.21. The molecule has 104 valence electrons. The summed E-state index contributed by atoms with van der Waals surface area (Å²) in [5.41, 5.74) is 2.33. The highest BCUT2D eigenvalue weighted by Crippen LogP contribution is 2.40. The molecule has 3 heteroatoms. The van der Waals surface area contributed by atoms with Gasteiger partial charge in [0.05, 0.1) is 5.41 Å². The van der Waals surface area contributed by atoms with Crippen LogP contribution in [0.5, 0.6) is 0 Å². The molecule has 0 bridgehead atoms. The van der Waals surface area contributed by atoms with E-state index < -0.39 is 11.4 Å². The third-order valence-electron chi connectivity index (χ3n) is 4.21. The second kappa shape index (κ2) is 4.64. The Labute approximate surface area is 115 Å². The van der Waals surface area contributed by atoms with Crippen molar-refractivity contribution in [3.63, 3.8) is 0 Å². The fourth-order valence-electron chi connectivity index (χ4n) is 3.40. The van der Waals surface area contributed by atoms with Crippen molar-refractivity contribution in [2.75, 3.05) is 6.54 Å². The van der Waals surface area contributed by atoms with Crippen molar-refractivity contribution in [3.05, 3.63) is 34.9 Å². The van der Waals surface area contributed by atoms with Gasteiger partial charge in [-0.3, -0.25) is 4.79 Å². The summed E-state index contributed by atoms with van der Waals surface area (Å²) in [7, 11) is 0. The normalized spacial score (nSPS) is 26.1. The SMILES string of the molecule is Cc1ccc(C2(C(=O)O)CCNC(C)(C)C2)c(C)c1. The Hall–Kier alpha value is -1.35. The number of carbonyl (C=O) groups is 1. The van der Waals surface area contributed by atoms with Gasteiger partial charge in [-0.25, -0.2) is 0 Å². The first-order chi connectivity index (χ1) is 8.77. The Morgan fingerprint density at radius 2 is 2.00 bits per heavy atom. The smallest absolute Gasteiger partial charge is 0.314 e. The van der Waals surface area contributed by atoms with Crippen molar-refractivity contribution >= 4 is 5.97 Å². The Bertz CT molecular complexity index is 507. The summed E-state index contributed by atoms with van der Waals surface area (Å²) < 4.78 is 0. The van der Waals surface area contributed by atoms with Crippen LogP contribution in [-0.4, -0.2) is 23.2 Å². The largest absolute Gasteiger partial charge is 0.481 e. The second-order valence-electron chi connectivity index (χ2n) is 6.44. The fraction of sp³-hybridized carbons (Fsp3) is 0.562. The molecule has 19 heavy (non-hydrogen) atoms. The molecule has 1 aliphatic heterocycles. The first-order valence-corrected chi connectivity index (χ1v) is 6.83. The predicted octanol–water partition coefficient (Wildman–Crippen LogP) is 2.79. The quantitative estimate of drug-likeness (QED) is 0.860. The minimum Gasteiger partial charge on any atom is -0.481 e. The van der Waals surface area contributed by atoms with Crippen molar-refractivity contribution in [2.24, 2.45) is 0 Å². The van der Waals surface area contributed by atoms with E-state index >= 15 is 0 Å². The Morgan fingerprint density at radius 3 is 2.53 bits per heavy atom. The summed E-state index contributed by atoms with van der Waals surface area (Å²) in [6, 6.07) is 6.09. The van der Waals surface area contributed by atoms with E-state index in [9.17, 15) is 9.90 Å². The van der Waals surface area contributed by atoms with Crippen molar-refractivity contribution in [2.45, 2.75) is 51.5 Å². The molecule has 1 aromatic carbocycles. The van der Waals surface area contributed by atoms with E-state index in [1.807, 2.05) is 26.0 Å². The van der Waals surface area contributed by atoms with Crippen LogP contribution in [0.15, 0.2) is 18.2 Å². The minimum atomic E-state index is -0.757. The van der Waals surface area contributed by atoms with Crippen molar-refractivity contribution in [1.29, 1.82) is 0 Å². The Morgan fingerprint density at radius 1 is 1.32 bits per heavy atom. The number of carboxylic acid groups (broad SMARTS) is 1. The highest BCUT2D eigenvalue weighted by atomic mass is 16.4. The first kappa shape index (κ1) is 14.1. The molecule has 0 saturated carbocycles. The number of piperidine rings is 1. The zero-order chi connectivity index (χ0) is 14.3. The van der Waals surface area contributed by atoms with Crippen molar-refractivity contribution in [3.8, 4) is 0 Å². The van der Waals surface area contributed by atoms with Crippen LogP contribution in [0, 0.1) is 13.8 Å². The number of hydrogen-bond acceptors (Lipinski definition) is 2. The molecule has 2 N–H and O–H groups in total. The molecule has 0 radical (unpaired) electrons. The maximum Gasteiger partial charge on any atom is 0.314 e. The Balaban J connectivity index is 2.53. The van der Waals surface area contributed by atoms with Gasteiger partial charge in [0, 0.05) is 5.54 Å². The van der Waals surface area contributed by atoms with Crippen LogP contribution in [0.25, 0.3) is 0 Å². The lowest BCUT2D eigenvalue weighted by molar-refractivity contribution is -0.146. The number of rotatable bonds is 2. The standard InChI is InChI=1S/C16H23NO2/c1-11-5-6-13(12(2)9-11)16(14(18)19)7-8-17-15(3,4)10-16/h5-6,9,17H,7-8,10H2,1-4H3,(H,18,19). The van der Waals surface area contributed by atoms with E-state index in [1.54, 1.807) is 0 Å². The molecule has 3 nitrogen and oxygen atoms in total. The summed E-state index contributed by atoms with van der Waals surface area (Å²) >= 11 is 0. The topological polar surface area (TPSA) is 49.3 Å². The monoisotopic (exact) mass is 261 g/mol. The molecule has 1 aliphatic rings. The molecule has 2 rings (SSSR count). The van der Waals surface area contributed by atoms with Gasteiger partial charge in [-0.1, -0.05) is 23.8 Å². The summed E-state index contributed by atoms with van der Waals surface area (Å²) in [4.78, 5) is 12.0. The van der Waals surface area contributed by atoms with E-state index in [2.05, 4.69) is 25.2 Å². The van der Waals surface area contributed by atoms with Crippen LogP contribution < -0.4 is 5.32 Å². The molecule has 0 spiro atoms. The van der Waals surface area contributed by atoms with Crippen LogP contribution in [0.4, 0.5) is 0 Å². The van der Waals surface area contributed by atoms with Crippen LogP contribution >= 0.6 is 0 Å². The lowest BCUT2D eigenvalue weighted by atomic mass is 9.66. The first-order valence-electron chi connectivity index (χ1n) is 6.83. The van der Waals surface area contributed by atoms with Gasteiger partial charge >= 0.3 is 5.97 Å². The summed E-state index contributed by atoms with van der Waals surface area (Å²) in [5, 5.41) is 13.2. The average molecular weight is 261 g/mol. The van der Waals surface area contributed by atoms with E-state index in [1.165, 1.54) is 5.56 Å². The molecular weight excluding hydrogens is 238 g/mol. The number of benzene rings is 1. The molecule has 1 saturated heterocycles. The highest BCUT2D eigenvalue weighted by Gasteiger charge is 2.47. The van der Waals surface area contributed by atoms with Gasteiger partial charge in [-0.05, 0) is 58.2 Å². The molecule has 0 amide bonds. The summed E-state index contributed by atoms with van der Waals surface area (Å²) in [5.74, 6) is -0.700. The molecule has 0 aromatic heterocycles. The van der Waals surface area contributed by atoms with Crippen molar-refractivity contribution < 1.29 is 9.90 Å². The summed E-state index contributed by atoms with van der Waals surface area (Å²) in [6.07, 6.45) is 1.27. The van der Waals surface area contributed by atoms with Gasteiger partial charge in [-0.2, -0.15) is 0 Å². The maximum atomic E-state index is 12.0. The van der Waals surface area contributed by atoms with E-state index in [0.717, 1.165) is 17.7 Å². The third kappa shape index (κ3) is 2.52. The van der Waals surface area contributed by atoms with Crippen LogP contribution in [0.2, 0.25) is 0 Å². The second-order valence-corrected chi connectivity index (χ2v) is 6.44. The van der Waals surface area contributed by atoms with E-state index in [-0.39, 0.29) is 5.54 Å². The van der Waals surface area contributed by atoms with E-state index in [0.29, 0.717) is 12.8 Å². The number of hydrogen-bond donors (Lipinski definition) is 2. The zero-order valence-corrected chi connectivity index (χ0v) is 12.2. The van der Waals surface area contributed by atoms with Gasteiger partial charge in [0.25, 0.3) is 0 Å². The van der Waals surface area contributed by atoms with Crippen LogP contribution in [0.1, 0.15) is 43.4 Å². The Kier molecular flexibility index (Phi) is 3.43. The molecular formula is C16H23NO2. The van der Waals surface area contributed by atoms with Gasteiger partial charge in [0.1, 0.15) is 0 Å². The predicted molar refractivity (Wildman–Crippen MR) is 76.5 cm³/mol. The van der Waals surface area contributed by atoms with Gasteiger partial charge in [-0.15, -0.1) is 0 Å². The lowest BCUT2D eigenvalue weighted by Crippen LogP contribution is -2.55. The minimum absolute atomic E-state index is 0.145. The highest BCUT2D eigenvalue weighted by molar-refractivity contribution is 5.82.